The fraction of sp³-hybridized carbons (Fsp3) is 0.500. The Balaban J connectivity index is 1.15. The van der Waals surface area contributed by atoms with Gasteiger partial charge in [0.1, 0.15) is 11.6 Å². The number of ether oxygens (including phenoxy) is 5. The van der Waals surface area contributed by atoms with E-state index in [9.17, 15) is 24.0 Å². The quantitative estimate of drug-likeness (QED) is 0.0565. The molecular weight excluding hydrogens is 797 g/mol. The molecule has 4 aromatic rings. The Morgan fingerprint density at radius 1 is 0.790 bits per heavy atom. The number of amides is 4. The molecule has 0 unspecified atom stereocenters. The molecule has 62 heavy (non-hydrogen) atoms. The average Bonchev–Trinajstić information content (AvgIpc) is 3.62. The molecule has 1 saturated carbocycles. The third-order valence-electron chi connectivity index (χ3n) is 10.5. The number of H-pyrrole nitrogens is 2. The lowest BCUT2D eigenvalue weighted by molar-refractivity contribution is -0.130. The largest absolute Gasteiger partial charge is 0.444 e. The van der Waals surface area contributed by atoms with Gasteiger partial charge in [0.05, 0.1) is 57.2 Å². The van der Waals surface area contributed by atoms with E-state index in [1.54, 1.807) is 31.4 Å². The molecule has 3 aromatic carbocycles. The highest BCUT2D eigenvalue weighted by Gasteiger charge is 2.30. The molecule has 0 spiro atoms. The summed E-state index contributed by atoms with van der Waals surface area (Å²) >= 11 is 0. The van der Waals surface area contributed by atoms with Gasteiger partial charge in [0, 0.05) is 43.8 Å². The van der Waals surface area contributed by atoms with Gasteiger partial charge in [0.25, 0.3) is 11.5 Å². The van der Waals surface area contributed by atoms with Crippen LogP contribution < -0.4 is 26.8 Å². The van der Waals surface area contributed by atoms with Crippen LogP contribution in [0.1, 0.15) is 67.9 Å². The predicted octanol–water partition coefficient (Wildman–Crippen LogP) is 5.25. The maximum absolute atomic E-state index is 13.9. The molecular formula is C46H62N6O10. The van der Waals surface area contributed by atoms with E-state index < -0.39 is 23.6 Å². The number of carbonyl (C=O) groups excluding carboxylic acids is 4. The molecule has 6 N–H and O–H groups in total. The Bertz CT molecular complexity index is 2140. The summed E-state index contributed by atoms with van der Waals surface area (Å²) in [7, 11) is 1.63. The average molecular weight is 859 g/mol. The summed E-state index contributed by atoms with van der Waals surface area (Å²) in [5, 5.41) is 17.5. The van der Waals surface area contributed by atoms with E-state index in [4.69, 9.17) is 23.7 Å². The fourth-order valence-electron chi connectivity index (χ4n) is 7.22. The van der Waals surface area contributed by atoms with Crippen LogP contribution in [-0.4, -0.2) is 112 Å². The van der Waals surface area contributed by atoms with E-state index in [2.05, 4.69) is 31.5 Å². The number of aromatic nitrogens is 2. The van der Waals surface area contributed by atoms with Gasteiger partial charge in [0.2, 0.25) is 11.8 Å². The van der Waals surface area contributed by atoms with E-state index in [1.165, 1.54) is 0 Å². The number of alkyl carbamates (subject to hydrolysis) is 1. The molecule has 1 fully saturated rings. The molecule has 5 rings (SSSR count). The lowest BCUT2D eigenvalue weighted by Crippen LogP contribution is -2.48. The van der Waals surface area contributed by atoms with Crippen LogP contribution in [0.25, 0.3) is 22.0 Å². The van der Waals surface area contributed by atoms with Crippen LogP contribution in [0.5, 0.6) is 0 Å². The molecule has 0 radical (unpaired) electrons. The van der Waals surface area contributed by atoms with Gasteiger partial charge >= 0.3 is 6.09 Å². The second-order valence-corrected chi connectivity index (χ2v) is 16.5. The van der Waals surface area contributed by atoms with E-state index in [0.717, 1.165) is 35.1 Å². The number of carbonyl (C=O) groups is 4. The minimum Gasteiger partial charge on any atom is -0.444 e. The molecule has 0 bridgehead atoms. The number of aryl methyl sites for hydroxylation is 1. The highest BCUT2D eigenvalue weighted by Crippen LogP contribution is 2.29. The van der Waals surface area contributed by atoms with Crippen LogP contribution in [0, 0.1) is 18.8 Å². The van der Waals surface area contributed by atoms with Crippen molar-refractivity contribution in [3.63, 3.8) is 0 Å². The number of nitrogens with one attached hydrogen (secondary N) is 6. The number of rotatable bonds is 22. The van der Waals surface area contributed by atoms with Crippen molar-refractivity contribution in [3.05, 3.63) is 87.7 Å². The summed E-state index contributed by atoms with van der Waals surface area (Å²) in [5.41, 5.74) is 4.37. The summed E-state index contributed by atoms with van der Waals surface area (Å²) in [6, 6.07) is 17.4. The number of hydrogen-bond acceptors (Lipinski definition) is 10. The lowest BCUT2D eigenvalue weighted by Gasteiger charge is -2.29. The van der Waals surface area contributed by atoms with Crippen molar-refractivity contribution < 1.29 is 42.9 Å². The van der Waals surface area contributed by atoms with E-state index in [0.29, 0.717) is 94.3 Å². The summed E-state index contributed by atoms with van der Waals surface area (Å²) < 4.78 is 26.6. The summed E-state index contributed by atoms with van der Waals surface area (Å²) in [5.74, 6) is -0.837. The van der Waals surface area contributed by atoms with Crippen molar-refractivity contribution in [2.24, 2.45) is 11.8 Å². The minimum atomic E-state index is -0.893. The van der Waals surface area contributed by atoms with Crippen LogP contribution in [0.4, 0.5) is 10.5 Å². The molecule has 16 heteroatoms. The highest BCUT2D eigenvalue weighted by molar-refractivity contribution is 5.99. The number of aromatic amines is 2. The zero-order valence-corrected chi connectivity index (χ0v) is 36.5. The zero-order chi connectivity index (χ0) is 44.5. The Labute approximate surface area is 362 Å². The molecule has 4 amide bonds. The summed E-state index contributed by atoms with van der Waals surface area (Å²) in [6.07, 6.45) is 2.55. The third kappa shape index (κ3) is 15.1. The van der Waals surface area contributed by atoms with Crippen molar-refractivity contribution in [2.45, 2.75) is 71.4 Å². The van der Waals surface area contributed by atoms with Crippen LogP contribution in [0.3, 0.4) is 0 Å². The topological polar surface area (TPSA) is 211 Å². The molecule has 16 nitrogen and oxygen atoms in total. The van der Waals surface area contributed by atoms with Crippen molar-refractivity contribution in [3.8, 4) is 11.1 Å². The molecule has 1 atom stereocenters. The number of benzene rings is 3. The first-order chi connectivity index (χ1) is 29.8. The maximum Gasteiger partial charge on any atom is 0.407 e. The normalized spacial score (nSPS) is 15.8. The number of fused-ring (bicyclic) bond motifs is 1. The van der Waals surface area contributed by atoms with Gasteiger partial charge in [-0.05, 0) is 112 Å². The number of methoxy groups -OCH3 is 1. The molecule has 1 aromatic heterocycles. The van der Waals surface area contributed by atoms with Crippen molar-refractivity contribution >= 4 is 40.4 Å². The van der Waals surface area contributed by atoms with Crippen LogP contribution in [-0.2, 0) is 39.7 Å². The molecule has 1 aliphatic carbocycles. The smallest absolute Gasteiger partial charge is 0.407 e. The number of anilines is 1. The second-order valence-electron chi connectivity index (χ2n) is 16.5. The summed E-state index contributed by atoms with van der Waals surface area (Å²) in [4.78, 5) is 64.6. The van der Waals surface area contributed by atoms with Gasteiger partial charge in [-0.2, -0.15) is 0 Å². The Morgan fingerprint density at radius 2 is 1.47 bits per heavy atom. The minimum absolute atomic E-state index is 0.195. The van der Waals surface area contributed by atoms with Gasteiger partial charge in [-0.3, -0.25) is 29.4 Å². The van der Waals surface area contributed by atoms with Gasteiger partial charge in [-0.15, -0.1) is 0 Å². The zero-order valence-electron chi connectivity index (χ0n) is 36.5. The van der Waals surface area contributed by atoms with Crippen molar-refractivity contribution in [2.75, 3.05) is 71.8 Å². The first kappa shape index (κ1) is 47.5. The molecule has 1 heterocycles. The molecule has 0 saturated heterocycles. The highest BCUT2D eigenvalue weighted by atomic mass is 16.6. The lowest BCUT2D eigenvalue weighted by atomic mass is 9.81. The Morgan fingerprint density at radius 3 is 2.13 bits per heavy atom. The van der Waals surface area contributed by atoms with Gasteiger partial charge in [-0.25, -0.2) is 4.79 Å². The SMILES string of the molecule is COCCOCCOCCOCCNC(=O)c1ccc(-c2ccc(C[C@H](NC(=O)C3CCC(CNC(=O)OC(C)(C)C)CC3)C(=O)Nc3ccc4c(=O)[nH][nH]c4c3)cc2)c(C)c1. The van der Waals surface area contributed by atoms with Crippen LogP contribution in [0.15, 0.2) is 65.5 Å². The van der Waals surface area contributed by atoms with E-state index >= 15 is 0 Å². The number of hydrogen-bond donors (Lipinski definition) is 6. The van der Waals surface area contributed by atoms with Crippen molar-refractivity contribution in [1.29, 1.82) is 0 Å². The summed E-state index contributed by atoms with van der Waals surface area (Å²) in [6.45, 7) is 11.5. The first-order valence-corrected chi connectivity index (χ1v) is 21.3. The van der Waals surface area contributed by atoms with Gasteiger partial charge in [-0.1, -0.05) is 30.3 Å². The Hall–Kier alpha value is -5.55. The maximum atomic E-state index is 13.9. The van der Waals surface area contributed by atoms with Gasteiger partial charge < -0.3 is 45.0 Å². The predicted molar refractivity (Wildman–Crippen MR) is 236 cm³/mol. The first-order valence-electron chi connectivity index (χ1n) is 21.3. The molecule has 336 valence electrons. The van der Waals surface area contributed by atoms with E-state index in [1.807, 2.05) is 64.1 Å². The monoisotopic (exact) mass is 858 g/mol. The Kier molecular flexibility index (Phi) is 18.1. The van der Waals surface area contributed by atoms with Gasteiger partial charge in [0.15, 0.2) is 0 Å². The van der Waals surface area contributed by atoms with E-state index in [-0.39, 0.29) is 35.6 Å². The van der Waals surface area contributed by atoms with Crippen LogP contribution in [0.2, 0.25) is 0 Å². The van der Waals surface area contributed by atoms with Crippen LogP contribution >= 0.6 is 0 Å². The molecule has 0 aliphatic heterocycles. The fourth-order valence-corrected chi connectivity index (χ4v) is 7.22. The second kappa shape index (κ2) is 23.6. The standard InChI is InChI=1S/C46H62N6O10/c1-30-26-35(41(53)47-18-19-59-22-23-61-25-24-60-21-20-58-5)14-16-37(30)33-10-6-31(7-11-33)27-40(44(56)49-36-15-17-38-39(28-36)51-52-43(38)55)50-42(54)34-12-8-32(9-13-34)29-48-45(57)62-46(2,3)4/h6-7,10-11,14-17,26,28,32,34,40H,8-9,12-13,18-25,27,29H2,1-5H3,(H,47,53)(H,48,57)(H,49,56)(H,50,54)(H2,51,52,55)/t32?,34?,40-/m0/s1. The molecule has 1 aliphatic rings. The van der Waals surface area contributed by atoms with Crippen molar-refractivity contribution in [1.82, 2.24) is 26.1 Å². The third-order valence-corrected chi connectivity index (χ3v) is 10.5.